The fraction of sp³-hybridized carbons (Fsp3) is 0.364. The standard InChI is InChI=1S/C22H24O6/c1-15-3-7-17(8-4-15)13-19(23)27-21-22(26-12-11-25-21)28-20(24)14-18-9-5-16(2)6-10-18/h3-10,21-22H,11-14H2,1-2H3/t21-,22-/m1/s1. The van der Waals surface area contributed by atoms with Gasteiger partial charge in [-0.2, -0.15) is 0 Å². The van der Waals surface area contributed by atoms with E-state index in [1.165, 1.54) is 0 Å². The van der Waals surface area contributed by atoms with Gasteiger partial charge in [-0.05, 0) is 25.0 Å². The Bertz CT molecular complexity index is 727. The molecule has 1 aliphatic heterocycles. The maximum Gasteiger partial charge on any atom is 0.312 e. The quantitative estimate of drug-likeness (QED) is 0.714. The molecule has 2 atom stereocenters. The summed E-state index contributed by atoms with van der Waals surface area (Å²) in [4.78, 5) is 24.4. The van der Waals surface area contributed by atoms with Crippen molar-refractivity contribution in [3.63, 3.8) is 0 Å². The van der Waals surface area contributed by atoms with Crippen molar-refractivity contribution in [1.29, 1.82) is 0 Å². The lowest BCUT2D eigenvalue weighted by atomic mass is 10.1. The Morgan fingerprint density at radius 2 is 1.11 bits per heavy atom. The second-order valence-electron chi connectivity index (χ2n) is 6.78. The van der Waals surface area contributed by atoms with E-state index in [0.29, 0.717) is 0 Å². The van der Waals surface area contributed by atoms with Crippen LogP contribution >= 0.6 is 0 Å². The van der Waals surface area contributed by atoms with Crippen molar-refractivity contribution in [3.05, 3.63) is 70.8 Å². The van der Waals surface area contributed by atoms with Crippen LogP contribution in [0.2, 0.25) is 0 Å². The molecule has 0 aromatic heterocycles. The van der Waals surface area contributed by atoms with Gasteiger partial charge in [0.2, 0.25) is 0 Å². The monoisotopic (exact) mass is 384 g/mol. The predicted molar refractivity (Wildman–Crippen MR) is 101 cm³/mol. The van der Waals surface area contributed by atoms with E-state index in [9.17, 15) is 9.59 Å². The van der Waals surface area contributed by atoms with Crippen molar-refractivity contribution in [2.24, 2.45) is 0 Å². The molecule has 3 rings (SSSR count). The molecule has 148 valence electrons. The van der Waals surface area contributed by atoms with Gasteiger partial charge in [-0.15, -0.1) is 0 Å². The van der Waals surface area contributed by atoms with Gasteiger partial charge in [0.05, 0.1) is 26.1 Å². The fourth-order valence-corrected chi connectivity index (χ4v) is 2.75. The highest BCUT2D eigenvalue weighted by Gasteiger charge is 2.33. The summed E-state index contributed by atoms with van der Waals surface area (Å²) in [6.45, 7) is 4.47. The van der Waals surface area contributed by atoms with Gasteiger partial charge in [-0.1, -0.05) is 59.7 Å². The van der Waals surface area contributed by atoms with Crippen LogP contribution in [-0.2, 0) is 41.4 Å². The lowest BCUT2D eigenvalue weighted by Crippen LogP contribution is -2.44. The van der Waals surface area contributed by atoms with Crippen LogP contribution in [0.3, 0.4) is 0 Å². The number of hydrogen-bond acceptors (Lipinski definition) is 6. The highest BCUT2D eigenvalue weighted by Crippen LogP contribution is 2.16. The molecule has 0 bridgehead atoms. The predicted octanol–water partition coefficient (Wildman–Crippen LogP) is 2.87. The molecular weight excluding hydrogens is 360 g/mol. The van der Waals surface area contributed by atoms with Crippen molar-refractivity contribution < 1.29 is 28.5 Å². The largest absolute Gasteiger partial charge is 0.428 e. The van der Waals surface area contributed by atoms with Crippen molar-refractivity contribution in [3.8, 4) is 0 Å². The van der Waals surface area contributed by atoms with Crippen LogP contribution in [0, 0.1) is 13.8 Å². The highest BCUT2D eigenvalue weighted by molar-refractivity contribution is 5.73. The Balaban J connectivity index is 1.54. The van der Waals surface area contributed by atoms with E-state index in [-0.39, 0.29) is 26.1 Å². The summed E-state index contributed by atoms with van der Waals surface area (Å²) in [7, 11) is 0. The van der Waals surface area contributed by atoms with Gasteiger partial charge >= 0.3 is 11.9 Å². The highest BCUT2D eigenvalue weighted by atomic mass is 16.8. The minimum atomic E-state index is -1.08. The van der Waals surface area contributed by atoms with Crippen LogP contribution in [0.1, 0.15) is 22.3 Å². The van der Waals surface area contributed by atoms with E-state index in [1.807, 2.05) is 62.4 Å². The van der Waals surface area contributed by atoms with E-state index in [0.717, 1.165) is 22.3 Å². The van der Waals surface area contributed by atoms with Gasteiger partial charge in [0.15, 0.2) is 0 Å². The smallest absolute Gasteiger partial charge is 0.312 e. The molecule has 0 aliphatic carbocycles. The molecule has 0 N–H and O–H groups in total. The molecule has 1 saturated heterocycles. The van der Waals surface area contributed by atoms with Gasteiger partial charge in [0.25, 0.3) is 12.6 Å². The number of carbonyl (C=O) groups excluding carboxylic acids is 2. The summed E-state index contributed by atoms with van der Waals surface area (Å²) in [6.07, 6.45) is -1.95. The molecule has 0 saturated carbocycles. The zero-order valence-electron chi connectivity index (χ0n) is 16.1. The van der Waals surface area contributed by atoms with E-state index in [1.54, 1.807) is 0 Å². The summed E-state index contributed by atoms with van der Waals surface area (Å²) in [5, 5.41) is 0. The van der Waals surface area contributed by atoms with Gasteiger partial charge < -0.3 is 18.9 Å². The van der Waals surface area contributed by atoms with E-state index in [2.05, 4.69) is 0 Å². The van der Waals surface area contributed by atoms with Crippen LogP contribution < -0.4 is 0 Å². The lowest BCUT2D eigenvalue weighted by Gasteiger charge is -2.30. The molecule has 0 spiro atoms. The Morgan fingerprint density at radius 3 is 1.46 bits per heavy atom. The third-order valence-electron chi connectivity index (χ3n) is 4.30. The van der Waals surface area contributed by atoms with Gasteiger partial charge in [-0.3, -0.25) is 9.59 Å². The molecule has 0 amide bonds. The van der Waals surface area contributed by atoms with Gasteiger partial charge in [-0.25, -0.2) is 0 Å². The Labute approximate surface area is 164 Å². The number of aryl methyl sites for hydroxylation is 2. The third kappa shape index (κ3) is 5.90. The van der Waals surface area contributed by atoms with E-state index >= 15 is 0 Å². The average Bonchev–Trinajstić information content (AvgIpc) is 2.67. The molecule has 6 heteroatoms. The van der Waals surface area contributed by atoms with Crippen LogP contribution in [0.15, 0.2) is 48.5 Å². The minimum absolute atomic E-state index is 0.101. The van der Waals surface area contributed by atoms with Crippen LogP contribution in [-0.4, -0.2) is 37.7 Å². The van der Waals surface area contributed by atoms with Gasteiger partial charge in [0, 0.05) is 0 Å². The van der Waals surface area contributed by atoms with Crippen LogP contribution in [0.4, 0.5) is 0 Å². The SMILES string of the molecule is Cc1ccc(CC(=O)O[C@H]2OCCO[C@@H]2OC(=O)Cc2ccc(C)cc2)cc1. The molecule has 1 heterocycles. The van der Waals surface area contributed by atoms with Crippen LogP contribution in [0.5, 0.6) is 0 Å². The summed E-state index contributed by atoms with van der Waals surface area (Å²) in [5.41, 5.74) is 3.89. The summed E-state index contributed by atoms with van der Waals surface area (Å²) < 4.78 is 21.6. The van der Waals surface area contributed by atoms with Crippen molar-refractivity contribution >= 4 is 11.9 Å². The molecule has 0 unspecified atom stereocenters. The van der Waals surface area contributed by atoms with Crippen molar-refractivity contribution in [2.75, 3.05) is 13.2 Å². The molecule has 1 aliphatic rings. The van der Waals surface area contributed by atoms with Crippen molar-refractivity contribution in [2.45, 2.75) is 39.3 Å². The normalized spacial score (nSPS) is 19.1. The van der Waals surface area contributed by atoms with Crippen LogP contribution in [0.25, 0.3) is 0 Å². The maximum atomic E-state index is 12.2. The molecule has 6 nitrogen and oxygen atoms in total. The topological polar surface area (TPSA) is 71.1 Å². The lowest BCUT2D eigenvalue weighted by molar-refractivity contribution is -0.302. The summed E-state index contributed by atoms with van der Waals surface area (Å²) in [6, 6.07) is 15.2. The molecule has 28 heavy (non-hydrogen) atoms. The first-order chi connectivity index (χ1) is 13.5. The Hall–Kier alpha value is -2.70. The Morgan fingerprint density at radius 1 is 0.750 bits per heavy atom. The number of esters is 2. The number of carbonyl (C=O) groups is 2. The zero-order chi connectivity index (χ0) is 19.9. The summed E-state index contributed by atoms with van der Waals surface area (Å²) >= 11 is 0. The van der Waals surface area contributed by atoms with E-state index in [4.69, 9.17) is 18.9 Å². The number of hydrogen-bond donors (Lipinski definition) is 0. The third-order valence-corrected chi connectivity index (χ3v) is 4.30. The number of benzene rings is 2. The first kappa shape index (κ1) is 20.0. The second-order valence-corrected chi connectivity index (χ2v) is 6.78. The number of rotatable bonds is 6. The first-order valence-corrected chi connectivity index (χ1v) is 9.23. The molecule has 1 fully saturated rings. The Kier molecular flexibility index (Phi) is 6.79. The fourth-order valence-electron chi connectivity index (χ4n) is 2.75. The molecule has 0 radical (unpaired) electrons. The molecule has 2 aromatic rings. The molecular formula is C22H24O6. The van der Waals surface area contributed by atoms with Crippen molar-refractivity contribution in [1.82, 2.24) is 0 Å². The zero-order valence-corrected chi connectivity index (χ0v) is 16.1. The van der Waals surface area contributed by atoms with Gasteiger partial charge in [0.1, 0.15) is 0 Å². The number of ether oxygens (including phenoxy) is 4. The summed E-state index contributed by atoms with van der Waals surface area (Å²) in [5.74, 6) is -0.946. The first-order valence-electron chi connectivity index (χ1n) is 9.23. The molecule has 2 aromatic carbocycles. The second kappa shape index (κ2) is 9.48. The minimum Gasteiger partial charge on any atom is -0.428 e. The van der Waals surface area contributed by atoms with E-state index < -0.39 is 24.5 Å². The average molecular weight is 384 g/mol. The maximum absolute atomic E-state index is 12.2.